The zero-order chi connectivity index (χ0) is 16.1. The van der Waals surface area contributed by atoms with Gasteiger partial charge in [-0.25, -0.2) is 0 Å². The van der Waals surface area contributed by atoms with E-state index in [4.69, 9.17) is 0 Å². The maximum absolute atomic E-state index is 12.9. The first-order valence-corrected chi connectivity index (χ1v) is 8.31. The smallest absolute Gasteiger partial charge is 0.254 e. The molecule has 1 amide bonds. The summed E-state index contributed by atoms with van der Waals surface area (Å²) in [6, 6.07) is 14.6. The summed E-state index contributed by atoms with van der Waals surface area (Å²) >= 11 is 0. The van der Waals surface area contributed by atoms with Crippen LogP contribution in [0.4, 0.5) is 0 Å². The van der Waals surface area contributed by atoms with Crippen molar-refractivity contribution in [3.63, 3.8) is 0 Å². The summed E-state index contributed by atoms with van der Waals surface area (Å²) in [7, 11) is 0. The number of aromatic nitrogens is 2. The van der Waals surface area contributed by atoms with Gasteiger partial charge in [-0.05, 0) is 40.8 Å². The summed E-state index contributed by atoms with van der Waals surface area (Å²) < 4.78 is 0. The van der Waals surface area contributed by atoms with Crippen LogP contribution in [0.3, 0.4) is 0 Å². The Morgan fingerprint density at radius 2 is 1.92 bits per heavy atom. The number of hydrogen-bond acceptors (Lipinski definition) is 2. The molecule has 3 aromatic rings. The summed E-state index contributed by atoms with van der Waals surface area (Å²) in [6.45, 7) is 1.38. The number of carbonyl (C=O) groups excluding carboxylic acids is 1. The van der Waals surface area contributed by atoms with Crippen molar-refractivity contribution in [3.8, 4) is 11.1 Å². The average Bonchev–Trinajstić information content (AvgIpc) is 3.23. The molecule has 0 radical (unpaired) electrons. The number of amides is 1. The zero-order valence-electron chi connectivity index (χ0n) is 13.2. The second kappa shape index (κ2) is 5.06. The lowest BCUT2D eigenvalue weighted by Gasteiger charge is -2.26. The molecular weight excluding hydrogens is 298 g/mol. The third kappa shape index (κ3) is 1.99. The van der Waals surface area contributed by atoms with Gasteiger partial charge >= 0.3 is 0 Å². The van der Waals surface area contributed by atoms with Crippen molar-refractivity contribution in [2.45, 2.75) is 19.4 Å². The molecule has 4 nitrogen and oxygen atoms in total. The van der Waals surface area contributed by atoms with Crippen molar-refractivity contribution >= 4 is 5.91 Å². The first-order valence-electron chi connectivity index (χ1n) is 8.31. The fourth-order valence-corrected chi connectivity index (χ4v) is 3.86. The van der Waals surface area contributed by atoms with Crippen molar-refractivity contribution in [2.75, 3.05) is 6.54 Å². The molecule has 0 fully saturated rings. The highest BCUT2D eigenvalue weighted by molar-refractivity contribution is 5.96. The highest BCUT2D eigenvalue weighted by Crippen LogP contribution is 2.37. The highest BCUT2D eigenvalue weighted by atomic mass is 16.2. The van der Waals surface area contributed by atoms with Crippen LogP contribution in [0.5, 0.6) is 0 Å². The first-order chi connectivity index (χ1) is 11.8. The van der Waals surface area contributed by atoms with E-state index < -0.39 is 0 Å². The van der Waals surface area contributed by atoms with Crippen molar-refractivity contribution < 1.29 is 4.79 Å². The highest BCUT2D eigenvalue weighted by Gasteiger charge is 2.25. The van der Waals surface area contributed by atoms with Crippen LogP contribution in [-0.4, -0.2) is 27.5 Å². The topological polar surface area (TPSA) is 49.0 Å². The minimum Gasteiger partial charge on any atom is -0.334 e. The third-order valence-corrected chi connectivity index (χ3v) is 5.13. The molecule has 0 spiro atoms. The molecular formula is C20H17N3O. The summed E-state index contributed by atoms with van der Waals surface area (Å²) in [5.74, 6) is 0.112. The monoisotopic (exact) mass is 315 g/mol. The van der Waals surface area contributed by atoms with Gasteiger partial charge in [-0.3, -0.25) is 9.89 Å². The first kappa shape index (κ1) is 13.5. The molecule has 0 bridgehead atoms. The third-order valence-electron chi connectivity index (χ3n) is 5.13. The van der Waals surface area contributed by atoms with E-state index in [1.54, 1.807) is 0 Å². The van der Waals surface area contributed by atoms with Gasteiger partial charge in [0, 0.05) is 36.3 Å². The van der Waals surface area contributed by atoms with Gasteiger partial charge in [-0.15, -0.1) is 0 Å². The van der Waals surface area contributed by atoms with Crippen LogP contribution in [0.1, 0.15) is 32.7 Å². The fraction of sp³-hybridized carbons (Fsp3) is 0.200. The molecule has 1 aliphatic carbocycles. The van der Waals surface area contributed by atoms with E-state index >= 15 is 0 Å². The van der Waals surface area contributed by atoms with E-state index in [9.17, 15) is 4.79 Å². The number of benzene rings is 2. The standard InChI is InChI=1S/C20H17N3O/c24-20(23-8-7-19-16(12-23)11-21-22-19)14-5-6-18-15(10-14)9-13-3-1-2-4-17(13)18/h1-6,10-11H,7-9,12H2,(H,21,22). The molecule has 1 aliphatic heterocycles. The normalized spacial score (nSPS) is 14.9. The van der Waals surface area contributed by atoms with Crippen molar-refractivity contribution in [1.82, 2.24) is 15.1 Å². The number of fused-ring (bicyclic) bond motifs is 4. The van der Waals surface area contributed by atoms with Crippen LogP contribution in [0.15, 0.2) is 48.7 Å². The Labute approximate surface area is 140 Å². The van der Waals surface area contributed by atoms with Gasteiger partial charge in [0.25, 0.3) is 5.91 Å². The summed E-state index contributed by atoms with van der Waals surface area (Å²) in [6.07, 6.45) is 3.59. The van der Waals surface area contributed by atoms with E-state index in [0.717, 1.165) is 36.2 Å². The molecule has 2 aliphatic rings. The van der Waals surface area contributed by atoms with E-state index in [1.807, 2.05) is 17.2 Å². The maximum Gasteiger partial charge on any atom is 0.254 e. The molecule has 0 atom stereocenters. The average molecular weight is 315 g/mol. The van der Waals surface area contributed by atoms with Crippen LogP contribution in [0.25, 0.3) is 11.1 Å². The minimum absolute atomic E-state index is 0.112. The van der Waals surface area contributed by atoms with Gasteiger partial charge in [0.2, 0.25) is 0 Å². The van der Waals surface area contributed by atoms with Gasteiger partial charge in [0.05, 0.1) is 6.20 Å². The largest absolute Gasteiger partial charge is 0.334 e. The Balaban J connectivity index is 1.45. The summed E-state index contributed by atoms with van der Waals surface area (Å²) in [5.41, 5.74) is 8.23. The van der Waals surface area contributed by atoms with Crippen LogP contribution >= 0.6 is 0 Å². The molecule has 0 saturated carbocycles. The number of nitrogens with one attached hydrogen (secondary N) is 1. The van der Waals surface area contributed by atoms with Crippen LogP contribution in [-0.2, 0) is 19.4 Å². The van der Waals surface area contributed by atoms with Crippen LogP contribution in [0.2, 0.25) is 0 Å². The zero-order valence-corrected chi connectivity index (χ0v) is 13.2. The van der Waals surface area contributed by atoms with Gasteiger partial charge < -0.3 is 4.90 Å². The fourth-order valence-electron chi connectivity index (χ4n) is 3.86. The van der Waals surface area contributed by atoms with Crippen molar-refractivity contribution in [3.05, 3.63) is 76.6 Å². The van der Waals surface area contributed by atoms with Crippen molar-refractivity contribution in [2.24, 2.45) is 0 Å². The minimum atomic E-state index is 0.112. The van der Waals surface area contributed by atoms with E-state index in [1.165, 1.54) is 22.3 Å². The Morgan fingerprint density at radius 1 is 1.04 bits per heavy atom. The SMILES string of the molecule is O=C(c1ccc2c(c1)Cc1ccccc1-2)N1CCc2[nH]ncc2C1. The summed E-state index contributed by atoms with van der Waals surface area (Å²) in [4.78, 5) is 14.8. The van der Waals surface area contributed by atoms with Crippen LogP contribution < -0.4 is 0 Å². The van der Waals surface area contributed by atoms with E-state index in [-0.39, 0.29) is 5.91 Å². The van der Waals surface area contributed by atoms with Gasteiger partial charge in [0.15, 0.2) is 0 Å². The molecule has 2 heterocycles. The van der Waals surface area contributed by atoms with E-state index in [2.05, 4.69) is 46.6 Å². The Hall–Kier alpha value is -2.88. The second-order valence-electron chi connectivity index (χ2n) is 6.56. The molecule has 4 heteroatoms. The Morgan fingerprint density at radius 3 is 2.88 bits per heavy atom. The van der Waals surface area contributed by atoms with Gasteiger partial charge in [0.1, 0.15) is 0 Å². The maximum atomic E-state index is 12.9. The van der Waals surface area contributed by atoms with Gasteiger partial charge in [-0.1, -0.05) is 30.3 Å². The molecule has 5 rings (SSSR count). The lowest BCUT2D eigenvalue weighted by Crippen LogP contribution is -2.35. The molecule has 118 valence electrons. The Kier molecular flexibility index (Phi) is 2.86. The number of H-pyrrole nitrogens is 1. The number of rotatable bonds is 1. The summed E-state index contributed by atoms with van der Waals surface area (Å²) in [5, 5.41) is 7.09. The molecule has 1 N–H and O–H groups in total. The second-order valence-corrected chi connectivity index (χ2v) is 6.56. The van der Waals surface area contributed by atoms with E-state index in [0.29, 0.717) is 6.54 Å². The van der Waals surface area contributed by atoms with Gasteiger partial charge in [-0.2, -0.15) is 5.10 Å². The predicted octanol–water partition coefficient (Wildman–Crippen LogP) is 3.18. The lowest BCUT2D eigenvalue weighted by atomic mass is 10.0. The van der Waals surface area contributed by atoms with Crippen molar-refractivity contribution in [1.29, 1.82) is 0 Å². The number of nitrogens with zero attached hydrogens (tertiary/aromatic N) is 2. The molecule has 1 aromatic heterocycles. The number of hydrogen-bond donors (Lipinski definition) is 1. The molecule has 0 saturated heterocycles. The number of carbonyl (C=O) groups is 1. The number of aromatic amines is 1. The Bertz CT molecular complexity index is 957. The van der Waals surface area contributed by atoms with Crippen LogP contribution in [0, 0.1) is 0 Å². The molecule has 0 unspecified atom stereocenters. The molecule has 24 heavy (non-hydrogen) atoms. The molecule has 2 aromatic carbocycles. The quantitative estimate of drug-likeness (QED) is 0.586. The predicted molar refractivity (Wildman–Crippen MR) is 91.7 cm³/mol. The lowest BCUT2D eigenvalue weighted by molar-refractivity contribution is 0.0734.